The molecule has 0 saturated carbocycles. The highest BCUT2D eigenvalue weighted by molar-refractivity contribution is 5.46. The molecule has 29 heavy (non-hydrogen) atoms. The number of nitrogens with two attached hydrogens (primary N) is 1. The fraction of sp³-hybridized carbons (Fsp3) is 0.292. The summed E-state index contributed by atoms with van der Waals surface area (Å²) in [4.78, 5) is 4.40. The van der Waals surface area contributed by atoms with E-state index in [9.17, 15) is 0 Å². The van der Waals surface area contributed by atoms with Gasteiger partial charge >= 0.3 is 0 Å². The van der Waals surface area contributed by atoms with Crippen LogP contribution >= 0.6 is 0 Å². The molecule has 1 aliphatic rings. The third-order valence-corrected chi connectivity index (χ3v) is 5.26. The summed E-state index contributed by atoms with van der Waals surface area (Å²) in [6.07, 6.45) is 4.77. The van der Waals surface area contributed by atoms with E-state index < -0.39 is 0 Å². The summed E-state index contributed by atoms with van der Waals surface area (Å²) in [5.41, 5.74) is 9.07. The minimum atomic E-state index is 0.109. The van der Waals surface area contributed by atoms with Crippen molar-refractivity contribution in [1.29, 1.82) is 0 Å². The molecule has 0 fully saturated rings. The number of rotatable bonds is 7. The Bertz CT molecular complexity index is 925. The smallest absolute Gasteiger partial charge is 0.219 e. The molecule has 2 heterocycles. The molecule has 3 N–H and O–H groups in total. The summed E-state index contributed by atoms with van der Waals surface area (Å²) < 4.78 is 12.2. The SMILES string of the molecule is CCC(CN)Nc1ccc(Oc2ccc3c(c2)CCC(c2ccccc2)O3)nc1. The van der Waals surface area contributed by atoms with Crippen molar-refractivity contribution in [2.24, 2.45) is 5.73 Å². The number of aryl methyl sites for hydroxylation is 1. The Morgan fingerprint density at radius 2 is 2.03 bits per heavy atom. The van der Waals surface area contributed by atoms with E-state index in [1.165, 1.54) is 11.1 Å². The van der Waals surface area contributed by atoms with Gasteiger partial charge in [0, 0.05) is 18.7 Å². The van der Waals surface area contributed by atoms with Gasteiger partial charge in [0.2, 0.25) is 5.88 Å². The number of anilines is 1. The zero-order valence-electron chi connectivity index (χ0n) is 16.7. The van der Waals surface area contributed by atoms with E-state index in [1.807, 2.05) is 36.4 Å². The normalized spacial score (nSPS) is 16.4. The van der Waals surface area contributed by atoms with Crippen molar-refractivity contribution in [3.63, 3.8) is 0 Å². The van der Waals surface area contributed by atoms with Gasteiger partial charge in [-0.3, -0.25) is 0 Å². The van der Waals surface area contributed by atoms with Crippen molar-refractivity contribution >= 4 is 5.69 Å². The van der Waals surface area contributed by atoms with Crippen LogP contribution in [0.2, 0.25) is 0 Å². The first-order valence-electron chi connectivity index (χ1n) is 10.2. The Labute approximate surface area is 171 Å². The molecule has 150 valence electrons. The predicted molar refractivity (Wildman–Crippen MR) is 116 cm³/mol. The molecular formula is C24H27N3O2. The van der Waals surface area contributed by atoms with E-state index in [0.29, 0.717) is 12.4 Å². The van der Waals surface area contributed by atoms with Crippen molar-refractivity contribution < 1.29 is 9.47 Å². The lowest BCUT2D eigenvalue weighted by Gasteiger charge is -2.26. The molecule has 2 aromatic carbocycles. The number of ether oxygens (including phenoxy) is 2. The summed E-state index contributed by atoms with van der Waals surface area (Å²) in [5, 5.41) is 3.37. The number of hydrogen-bond acceptors (Lipinski definition) is 5. The van der Waals surface area contributed by atoms with E-state index in [0.717, 1.165) is 36.4 Å². The minimum Gasteiger partial charge on any atom is -0.485 e. The van der Waals surface area contributed by atoms with E-state index in [-0.39, 0.29) is 12.1 Å². The molecule has 5 nitrogen and oxygen atoms in total. The quantitative estimate of drug-likeness (QED) is 0.589. The topological polar surface area (TPSA) is 69.4 Å². The largest absolute Gasteiger partial charge is 0.485 e. The van der Waals surface area contributed by atoms with Gasteiger partial charge in [-0.15, -0.1) is 0 Å². The zero-order valence-corrected chi connectivity index (χ0v) is 16.7. The number of fused-ring (bicyclic) bond motifs is 1. The number of pyridine rings is 1. The molecule has 4 rings (SSSR count). The van der Waals surface area contributed by atoms with E-state index in [4.69, 9.17) is 15.2 Å². The Kier molecular flexibility index (Phi) is 5.96. The maximum atomic E-state index is 6.21. The van der Waals surface area contributed by atoms with Gasteiger partial charge in [-0.2, -0.15) is 0 Å². The monoisotopic (exact) mass is 389 g/mol. The van der Waals surface area contributed by atoms with Crippen LogP contribution in [0, 0.1) is 0 Å². The fourth-order valence-electron chi connectivity index (χ4n) is 3.54. The lowest BCUT2D eigenvalue weighted by atomic mass is 9.97. The number of hydrogen-bond donors (Lipinski definition) is 2. The maximum absolute atomic E-state index is 6.21. The molecule has 0 bridgehead atoms. The second-order valence-corrected chi connectivity index (χ2v) is 7.30. The number of benzene rings is 2. The van der Waals surface area contributed by atoms with Crippen molar-refractivity contribution in [2.75, 3.05) is 11.9 Å². The lowest BCUT2D eigenvalue weighted by Crippen LogP contribution is -2.27. The summed E-state index contributed by atoms with van der Waals surface area (Å²) in [5.74, 6) is 2.26. The average Bonchev–Trinajstić information content (AvgIpc) is 2.79. The standard InChI is InChI=1S/C24H27N3O2/c1-2-19(15-25)27-20-9-13-24(26-16-20)28-21-10-12-23-18(14-21)8-11-22(29-23)17-6-4-3-5-7-17/h3-7,9-10,12-14,16,19,22,27H,2,8,11,15,25H2,1H3. The van der Waals surface area contributed by atoms with Gasteiger partial charge < -0.3 is 20.5 Å². The highest BCUT2D eigenvalue weighted by atomic mass is 16.5. The molecule has 0 spiro atoms. The Balaban J connectivity index is 1.41. The number of aromatic nitrogens is 1. The fourth-order valence-corrected chi connectivity index (χ4v) is 3.54. The van der Waals surface area contributed by atoms with Crippen LogP contribution in [0.5, 0.6) is 17.4 Å². The lowest BCUT2D eigenvalue weighted by molar-refractivity contribution is 0.176. The van der Waals surface area contributed by atoms with Crippen LogP contribution in [-0.2, 0) is 6.42 Å². The van der Waals surface area contributed by atoms with Crippen LogP contribution in [0.25, 0.3) is 0 Å². The maximum Gasteiger partial charge on any atom is 0.219 e. The third kappa shape index (κ3) is 4.69. The van der Waals surface area contributed by atoms with Crippen LogP contribution in [0.15, 0.2) is 66.9 Å². The average molecular weight is 389 g/mol. The van der Waals surface area contributed by atoms with Crippen LogP contribution in [0.3, 0.4) is 0 Å². The highest BCUT2D eigenvalue weighted by Gasteiger charge is 2.21. The predicted octanol–water partition coefficient (Wildman–Crippen LogP) is 5.09. The summed E-state index contributed by atoms with van der Waals surface area (Å²) in [6.45, 7) is 2.70. The number of nitrogens with one attached hydrogen (secondary N) is 1. The van der Waals surface area contributed by atoms with Gasteiger partial charge in [-0.25, -0.2) is 4.98 Å². The van der Waals surface area contributed by atoms with Gasteiger partial charge in [0.1, 0.15) is 17.6 Å². The first kappa shape index (κ1) is 19.3. The molecule has 0 amide bonds. The first-order chi connectivity index (χ1) is 14.2. The van der Waals surface area contributed by atoms with Gasteiger partial charge in [0.25, 0.3) is 0 Å². The molecule has 1 aromatic heterocycles. The molecule has 1 aliphatic heterocycles. The van der Waals surface area contributed by atoms with Gasteiger partial charge in [-0.1, -0.05) is 37.3 Å². The van der Waals surface area contributed by atoms with Crippen molar-refractivity contribution in [3.05, 3.63) is 78.0 Å². The summed E-state index contributed by atoms with van der Waals surface area (Å²) in [7, 11) is 0. The molecule has 2 atom stereocenters. The van der Waals surface area contributed by atoms with Crippen molar-refractivity contribution in [1.82, 2.24) is 4.98 Å². The van der Waals surface area contributed by atoms with Crippen molar-refractivity contribution in [3.8, 4) is 17.4 Å². The molecule has 0 radical (unpaired) electrons. The van der Waals surface area contributed by atoms with Crippen LogP contribution in [-0.4, -0.2) is 17.6 Å². The Morgan fingerprint density at radius 1 is 1.17 bits per heavy atom. The second kappa shape index (κ2) is 8.97. The second-order valence-electron chi connectivity index (χ2n) is 7.30. The van der Waals surface area contributed by atoms with Gasteiger partial charge in [0.15, 0.2) is 0 Å². The summed E-state index contributed by atoms with van der Waals surface area (Å²) >= 11 is 0. The Morgan fingerprint density at radius 3 is 2.76 bits per heavy atom. The van der Waals surface area contributed by atoms with Gasteiger partial charge in [-0.05, 0) is 54.7 Å². The molecular weight excluding hydrogens is 362 g/mol. The third-order valence-electron chi connectivity index (χ3n) is 5.26. The van der Waals surface area contributed by atoms with Crippen molar-refractivity contribution in [2.45, 2.75) is 38.3 Å². The van der Waals surface area contributed by atoms with Crippen LogP contribution in [0.4, 0.5) is 5.69 Å². The molecule has 0 saturated heterocycles. The van der Waals surface area contributed by atoms with E-state index in [1.54, 1.807) is 6.20 Å². The molecule has 2 unspecified atom stereocenters. The van der Waals surface area contributed by atoms with E-state index >= 15 is 0 Å². The van der Waals surface area contributed by atoms with Gasteiger partial charge in [0.05, 0.1) is 11.9 Å². The Hall–Kier alpha value is -3.05. The summed E-state index contributed by atoms with van der Waals surface area (Å²) in [6, 6.07) is 20.4. The molecule has 0 aliphatic carbocycles. The minimum absolute atomic E-state index is 0.109. The highest BCUT2D eigenvalue weighted by Crippen LogP contribution is 2.37. The van der Waals surface area contributed by atoms with Crippen LogP contribution < -0.4 is 20.5 Å². The zero-order chi connectivity index (χ0) is 20.1. The molecule has 3 aromatic rings. The molecule has 5 heteroatoms. The van der Waals surface area contributed by atoms with Crippen LogP contribution in [0.1, 0.15) is 37.0 Å². The van der Waals surface area contributed by atoms with E-state index in [2.05, 4.69) is 41.5 Å². The first-order valence-corrected chi connectivity index (χ1v) is 10.2. The number of nitrogens with zero attached hydrogens (tertiary/aromatic N) is 1.